The number of carbonyl (C=O) groups is 1. The van der Waals surface area contributed by atoms with Gasteiger partial charge in [-0.25, -0.2) is 10.1 Å². The molecule has 0 amide bonds. The van der Waals surface area contributed by atoms with Crippen molar-refractivity contribution in [2.45, 2.75) is 32.9 Å². The quantitative estimate of drug-likeness (QED) is 0.409. The van der Waals surface area contributed by atoms with Crippen LogP contribution in [0.15, 0.2) is 22.3 Å². The summed E-state index contributed by atoms with van der Waals surface area (Å²) in [6.07, 6.45) is 1.42. The van der Waals surface area contributed by atoms with Gasteiger partial charge < -0.3 is 4.98 Å². The Morgan fingerprint density at radius 3 is 2.68 bits per heavy atom. The maximum atomic E-state index is 12.6. The molecule has 0 atom stereocenters. The molecule has 0 aliphatic rings. The normalized spacial score (nSPS) is 11.0. The Kier molecular flexibility index (Phi) is 4.58. The van der Waals surface area contributed by atoms with Crippen LogP contribution < -0.4 is 5.56 Å². The van der Waals surface area contributed by atoms with Crippen molar-refractivity contribution in [3.63, 3.8) is 0 Å². The fourth-order valence-electron chi connectivity index (χ4n) is 2.58. The van der Waals surface area contributed by atoms with Crippen LogP contribution in [0.5, 0.6) is 0 Å². The third-order valence-corrected chi connectivity index (χ3v) is 4.93. The Balaban J connectivity index is 1.81. The summed E-state index contributed by atoms with van der Waals surface area (Å²) in [5.41, 5.74) is 3.38. The van der Waals surface area contributed by atoms with E-state index in [0.29, 0.717) is 27.9 Å². The van der Waals surface area contributed by atoms with E-state index in [1.807, 2.05) is 24.5 Å². The number of aryl methyl sites for hydroxylation is 2. The fourth-order valence-corrected chi connectivity index (χ4v) is 3.37. The lowest BCUT2D eigenvalue weighted by Gasteiger charge is -2.06. The highest BCUT2D eigenvalue weighted by atomic mass is 32.2. The number of rotatable bonds is 5. The maximum absolute atomic E-state index is 12.6. The molecule has 3 aromatic heterocycles. The fraction of sp³-hybridized carbons (Fsp3) is 0.312. The van der Waals surface area contributed by atoms with Crippen LogP contribution in [0.2, 0.25) is 0 Å². The number of nitrogens with one attached hydrogen (secondary N) is 2. The zero-order valence-electron chi connectivity index (χ0n) is 14.4. The third kappa shape index (κ3) is 3.27. The predicted octanol–water partition coefficient (Wildman–Crippen LogP) is 1.89. The second-order valence-corrected chi connectivity index (χ2v) is 6.69. The SMILES string of the molecule is Cc1nc(SCC(=O)c2cc(C)n(-c3ncn[nH]3)c2C)[nH]c(=O)c1C. The molecule has 0 bridgehead atoms. The van der Waals surface area contributed by atoms with Crippen molar-refractivity contribution in [1.82, 2.24) is 29.7 Å². The smallest absolute Gasteiger partial charge is 0.254 e. The zero-order valence-corrected chi connectivity index (χ0v) is 15.2. The van der Waals surface area contributed by atoms with Crippen LogP contribution in [0, 0.1) is 27.7 Å². The van der Waals surface area contributed by atoms with Gasteiger partial charge in [0.25, 0.3) is 5.56 Å². The summed E-state index contributed by atoms with van der Waals surface area (Å²) < 4.78 is 1.85. The summed E-state index contributed by atoms with van der Waals surface area (Å²) in [5, 5.41) is 7.09. The van der Waals surface area contributed by atoms with Crippen LogP contribution in [-0.2, 0) is 0 Å². The van der Waals surface area contributed by atoms with Crippen molar-refractivity contribution < 1.29 is 4.79 Å². The summed E-state index contributed by atoms with van der Waals surface area (Å²) in [6.45, 7) is 7.27. The van der Waals surface area contributed by atoms with Crippen molar-refractivity contribution >= 4 is 17.5 Å². The number of Topliss-reactive ketones (excluding diaryl/α,β-unsaturated/α-hetero) is 1. The minimum absolute atomic E-state index is 0.0373. The zero-order chi connectivity index (χ0) is 18.1. The van der Waals surface area contributed by atoms with E-state index in [0.717, 1.165) is 11.4 Å². The first-order valence-electron chi connectivity index (χ1n) is 7.66. The Hall–Kier alpha value is -2.68. The van der Waals surface area contributed by atoms with Crippen LogP contribution in [-0.4, -0.2) is 41.3 Å². The topological polar surface area (TPSA) is 109 Å². The van der Waals surface area contributed by atoms with Gasteiger partial charge in [0.15, 0.2) is 10.9 Å². The number of aromatic nitrogens is 6. The van der Waals surface area contributed by atoms with Gasteiger partial charge in [0.05, 0.1) is 5.75 Å². The minimum atomic E-state index is -0.175. The Morgan fingerprint density at radius 2 is 2.04 bits per heavy atom. The average Bonchev–Trinajstić information content (AvgIpc) is 3.18. The van der Waals surface area contributed by atoms with E-state index >= 15 is 0 Å². The number of hydrogen-bond acceptors (Lipinski definition) is 6. The molecule has 3 heterocycles. The predicted molar refractivity (Wildman–Crippen MR) is 94.6 cm³/mol. The number of hydrogen-bond donors (Lipinski definition) is 2. The highest BCUT2D eigenvalue weighted by Crippen LogP contribution is 2.21. The average molecular weight is 358 g/mol. The Morgan fingerprint density at radius 1 is 1.28 bits per heavy atom. The molecule has 0 aliphatic carbocycles. The van der Waals surface area contributed by atoms with Gasteiger partial charge in [-0.2, -0.15) is 10.1 Å². The number of aromatic amines is 2. The molecule has 8 nitrogen and oxygen atoms in total. The lowest BCUT2D eigenvalue weighted by molar-refractivity contribution is 0.102. The highest BCUT2D eigenvalue weighted by molar-refractivity contribution is 7.99. The molecule has 0 radical (unpaired) electrons. The summed E-state index contributed by atoms with van der Waals surface area (Å²) in [7, 11) is 0. The van der Waals surface area contributed by atoms with E-state index in [-0.39, 0.29) is 17.1 Å². The highest BCUT2D eigenvalue weighted by Gasteiger charge is 2.18. The molecule has 130 valence electrons. The van der Waals surface area contributed by atoms with Crippen LogP contribution in [0.3, 0.4) is 0 Å². The van der Waals surface area contributed by atoms with E-state index in [2.05, 4.69) is 25.1 Å². The number of ketones is 1. The summed E-state index contributed by atoms with van der Waals surface area (Å²) in [4.78, 5) is 35.5. The molecule has 2 N–H and O–H groups in total. The number of thioether (sulfide) groups is 1. The number of nitrogens with zero attached hydrogens (tertiary/aromatic N) is 4. The van der Waals surface area contributed by atoms with Crippen LogP contribution in [0.25, 0.3) is 5.95 Å². The van der Waals surface area contributed by atoms with Gasteiger partial charge in [0.1, 0.15) is 6.33 Å². The molecule has 3 aromatic rings. The molecule has 0 saturated carbocycles. The summed E-state index contributed by atoms with van der Waals surface area (Å²) >= 11 is 1.22. The van der Waals surface area contributed by atoms with Gasteiger partial charge in [0.2, 0.25) is 5.95 Å². The molecule has 0 fully saturated rings. The molecule has 0 aliphatic heterocycles. The van der Waals surface area contributed by atoms with Crippen molar-refractivity contribution in [2.24, 2.45) is 0 Å². The summed E-state index contributed by atoms with van der Waals surface area (Å²) in [5.74, 6) is 0.721. The van der Waals surface area contributed by atoms with Crippen LogP contribution in [0.1, 0.15) is 33.0 Å². The molecular formula is C16H18N6O2S. The lowest BCUT2D eigenvalue weighted by Crippen LogP contribution is -2.15. The van der Waals surface area contributed by atoms with Crippen LogP contribution in [0.4, 0.5) is 0 Å². The van der Waals surface area contributed by atoms with E-state index < -0.39 is 0 Å². The van der Waals surface area contributed by atoms with E-state index in [1.54, 1.807) is 13.8 Å². The third-order valence-electron chi connectivity index (χ3n) is 4.06. The first-order valence-corrected chi connectivity index (χ1v) is 8.65. The van der Waals surface area contributed by atoms with Crippen molar-refractivity contribution in [3.05, 3.63) is 51.0 Å². The van der Waals surface area contributed by atoms with E-state index in [9.17, 15) is 9.59 Å². The summed E-state index contributed by atoms with van der Waals surface area (Å²) in [6, 6.07) is 1.83. The van der Waals surface area contributed by atoms with Gasteiger partial charge in [-0.05, 0) is 33.8 Å². The molecule has 0 unspecified atom stereocenters. The molecule has 3 rings (SSSR count). The van der Waals surface area contributed by atoms with Gasteiger partial charge in [0, 0.05) is 28.2 Å². The molecule has 9 heteroatoms. The second kappa shape index (κ2) is 6.67. The number of H-pyrrole nitrogens is 2. The minimum Gasteiger partial charge on any atom is -0.301 e. The lowest BCUT2D eigenvalue weighted by atomic mass is 10.2. The molecular weight excluding hydrogens is 340 g/mol. The molecule has 0 spiro atoms. The molecule has 0 aromatic carbocycles. The van der Waals surface area contributed by atoms with Gasteiger partial charge in [-0.15, -0.1) is 0 Å². The number of carbonyl (C=O) groups excluding carboxylic acids is 1. The van der Waals surface area contributed by atoms with Crippen molar-refractivity contribution in [1.29, 1.82) is 0 Å². The first kappa shape index (κ1) is 17.2. The van der Waals surface area contributed by atoms with Crippen LogP contribution >= 0.6 is 11.8 Å². The van der Waals surface area contributed by atoms with Gasteiger partial charge >= 0.3 is 0 Å². The maximum Gasteiger partial charge on any atom is 0.254 e. The van der Waals surface area contributed by atoms with E-state index in [4.69, 9.17) is 0 Å². The monoisotopic (exact) mass is 358 g/mol. The van der Waals surface area contributed by atoms with Crippen molar-refractivity contribution in [2.75, 3.05) is 5.75 Å². The van der Waals surface area contributed by atoms with Gasteiger partial charge in [-0.1, -0.05) is 11.8 Å². The largest absolute Gasteiger partial charge is 0.301 e. The second-order valence-electron chi connectivity index (χ2n) is 5.72. The van der Waals surface area contributed by atoms with Gasteiger partial charge in [-0.3, -0.25) is 14.2 Å². The Labute approximate surface area is 148 Å². The Bertz CT molecular complexity index is 987. The molecule has 25 heavy (non-hydrogen) atoms. The van der Waals surface area contributed by atoms with Crippen molar-refractivity contribution in [3.8, 4) is 5.95 Å². The van der Waals surface area contributed by atoms with E-state index in [1.165, 1.54) is 18.1 Å². The standard InChI is InChI=1S/C16H18N6O2S/c1-8-5-12(11(4)22(8)15-17-7-18-21-15)13(23)6-25-16-19-10(3)9(2)14(24)20-16/h5,7H,6H2,1-4H3,(H,17,18,21)(H,19,20,24). The first-order chi connectivity index (χ1) is 11.9. The molecule has 0 saturated heterocycles.